The Morgan fingerprint density at radius 1 is 1.27 bits per heavy atom. The number of nitrogens with one attached hydrogen (secondary N) is 1. The van der Waals surface area contributed by atoms with E-state index in [9.17, 15) is 0 Å². The maximum Gasteiger partial charge on any atom is 0.0372 e. The molecule has 1 heterocycles. The van der Waals surface area contributed by atoms with Crippen LogP contribution in [0.25, 0.3) is 0 Å². The monoisotopic (exact) mass is 206 g/mol. The average molecular weight is 206 g/mol. The molecule has 0 aliphatic carbocycles. The van der Waals surface area contributed by atoms with Gasteiger partial charge in [0.25, 0.3) is 0 Å². The summed E-state index contributed by atoms with van der Waals surface area (Å²) in [5.74, 6) is 0.587. The van der Waals surface area contributed by atoms with Gasteiger partial charge in [-0.2, -0.15) is 0 Å². The molecule has 15 heavy (non-hydrogen) atoms. The van der Waals surface area contributed by atoms with Crippen molar-refractivity contribution in [3.63, 3.8) is 0 Å². The molecule has 0 aliphatic heterocycles. The normalized spacial score (nSPS) is 13.1. The molecule has 1 rings (SSSR count). The molecule has 84 valence electrons. The molecule has 2 nitrogen and oxygen atoms in total. The van der Waals surface area contributed by atoms with Gasteiger partial charge < -0.3 is 5.32 Å². The van der Waals surface area contributed by atoms with Gasteiger partial charge in [0, 0.05) is 17.9 Å². The average Bonchev–Trinajstić information content (AvgIpc) is 2.18. The molecule has 1 atom stereocenters. The Labute approximate surface area is 93.1 Å². The molecule has 1 N–H and O–H groups in total. The molecule has 0 aliphatic rings. The van der Waals surface area contributed by atoms with Gasteiger partial charge in [0.2, 0.25) is 0 Å². The van der Waals surface area contributed by atoms with Crippen molar-refractivity contribution < 1.29 is 0 Å². The van der Waals surface area contributed by atoms with Gasteiger partial charge in [-0.05, 0) is 37.4 Å². The summed E-state index contributed by atoms with van der Waals surface area (Å²) >= 11 is 0. The predicted octanol–water partition coefficient (Wildman–Crippen LogP) is 2.88. The molecular weight excluding hydrogens is 184 g/mol. The molecule has 0 saturated heterocycles. The highest BCUT2D eigenvalue weighted by atomic mass is 14.9. The highest BCUT2D eigenvalue weighted by molar-refractivity contribution is 5.16. The largest absolute Gasteiger partial charge is 0.315 e. The summed E-state index contributed by atoms with van der Waals surface area (Å²) in [5, 5.41) is 3.44. The molecule has 0 aromatic carbocycles. The van der Waals surface area contributed by atoms with Crippen molar-refractivity contribution in [2.45, 2.75) is 46.1 Å². The summed E-state index contributed by atoms with van der Waals surface area (Å²) in [5.41, 5.74) is 2.43. The van der Waals surface area contributed by atoms with E-state index >= 15 is 0 Å². The van der Waals surface area contributed by atoms with E-state index in [1.807, 2.05) is 13.1 Å². The molecule has 1 aromatic heterocycles. The van der Waals surface area contributed by atoms with Gasteiger partial charge in [0.05, 0.1) is 0 Å². The zero-order chi connectivity index (χ0) is 11.3. The lowest BCUT2D eigenvalue weighted by Crippen LogP contribution is -2.24. The maximum absolute atomic E-state index is 4.32. The van der Waals surface area contributed by atoms with E-state index in [4.69, 9.17) is 0 Å². The Hall–Kier alpha value is -0.890. The third kappa shape index (κ3) is 4.43. The number of aromatic nitrogens is 1. The Balaban J connectivity index is 2.40. The van der Waals surface area contributed by atoms with Crippen LogP contribution in [0.3, 0.4) is 0 Å². The van der Waals surface area contributed by atoms with Crippen molar-refractivity contribution in [2.75, 3.05) is 6.54 Å². The van der Waals surface area contributed by atoms with Crippen molar-refractivity contribution >= 4 is 0 Å². The third-order valence-electron chi connectivity index (χ3n) is 2.63. The van der Waals surface area contributed by atoms with Crippen LogP contribution in [0.5, 0.6) is 0 Å². The van der Waals surface area contributed by atoms with Crippen LogP contribution < -0.4 is 5.32 Å². The lowest BCUT2D eigenvalue weighted by Gasteiger charge is -2.13. The Morgan fingerprint density at radius 2 is 2.00 bits per heavy atom. The molecule has 0 spiro atoms. The van der Waals surface area contributed by atoms with Gasteiger partial charge in [-0.1, -0.05) is 26.8 Å². The van der Waals surface area contributed by atoms with Crippen molar-refractivity contribution in [1.29, 1.82) is 0 Å². The number of pyridine rings is 1. The molecule has 1 aromatic rings. The molecule has 0 fully saturated rings. The van der Waals surface area contributed by atoms with Crippen LogP contribution in [-0.4, -0.2) is 17.6 Å². The summed E-state index contributed by atoms with van der Waals surface area (Å²) in [6, 6.07) is 4.85. The second-order valence-electron chi connectivity index (χ2n) is 4.53. The fourth-order valence-electron chi connectivity index (χ4n) is 1.53. The lowest BCUT2D eigenvalue weighted by molar-refractivity contribution is 0.540. The lowest BCUT2D eigenvalue weighted by atomic mass is 9.99. The Bertz CT molecular complexity index is 277. The van der Waals surface area contributed by atoms with Crippen molar-refractivity contribution in [2.24, 2.45) is 0 Å². The highest BCUT2D eigenvalue weighted by Gasteiger charge is 2.05. The van der Waals surface area contributed by atoms with Crippen molar-refractivity contribution in [3.8, 4) is 0 Å². The van der Waals surface area contributed by atoms with Gasteiger partial charge in [0.1, 0.15) is 0 Å². The van der Waals surface area contributed by atoms with Crippen LogP contribution in [0, 0.1) is 6.92 Å². The number of hydrogen-bond acceptors (Lipinski definition) is 2. The quantitative estimate of drug-likeness (QED) is 0.801. The Kier molecular flexibility index (Phi) is 4.76. The number of rotatable bonds is 5. The minimum atomic E-state index is 0.577. The smallest absolute Gasteiger partial charge is 0.0372 e. The molecule has 0 saturated carbocycles. The fourth-order valence-corrected chi connectivity index (χ4v) is 1.53. The molecule has 0 bridgehead atoms. The van der Waals surface area contributed by atoms with Gasteiger partial charge in [-0.3, -0.25) is 4.98 Å². The van der Waals surface area contributed by atoms with Crippen LogP contribution in [-0.2, 0) is 0 Å². The summed E-state index contributed by atoms with van der Waals surface area (Å²) in [7, 11) is 0. The highest BCUT2D eigenvalue weighted by Crippen LogP contribution is 2.17. The van der Waals surface area contributed by atoms with Gasteiger partial charge in [0.15, 0.2) is 0 Å². The first-order valence-corrected chi connectivity index (χ1v) is 5.75. The minimum Gasteiger partial charge on any atom is -0.315 e. The molecule has 2 heteroatoms. The van der Waals surface area contributed by atoms with Crippen LogP contribution in [0.2, 0.25) is 0 Å². The standard InChI is InChI=1S/C13H22N2/c1-10(2)14-8-7-11(3)13-6-5-12(4)15-9-13/h5-6,9-11,14H,7-8H2,1-4H3. The van der Waals surface area contributed by atoms with E-state index < -0.39 is 0 Å². The van der Waals surface area contributed by atoms with Crippen LogP contribution >= 0.6 is 0 Å². The van der Waals surface area contributed by atoms with Gasteiger partial charge in [-0.25, -0.2) is 0 Å². The third-order valence-corrected chi connectivity index (χ3v) is 2.63. The fraction of sp³-hybridized carbons (Fsp3) is 0.615. The number of aryl methyl sites for hydroxylation is 1. The van der Waals surface area contributed by atoms with E-state index in [-0.39, 0.29) is 0 Å². The van der Waals surface area contributed by atoms with E-state index in [2.05, 4.69) is 43.2 Å². The number of nitrogens with zero attached hydrogens (tertiary/aromatic N) is 1. The zero-order valence-electron chi connectivity index (χ0n) is 10.2. The summed E-state index contributed by atoms with van der Waals surface area (Å²) in [4.78, 5) is 4.32. The van der Waals surface area contributed by atoms with E-state index in [0.29, 0.717) is 12.0 Å². The van der Waals surface area contributed by atoms with Crippen LogP contribution in [0.1, 0.15) is 44.4 Å². The zero-order valence-corrected chi connectivity index (χ0v) is 10.2. The van der Waals surface area contributed by atoms with Crippen LogP contribution in [0.4, 0.5) is 0 Å². The first-order chi connectivity index (χ1) is 7.09. The first-order valence-electron chi connectivity index (χ1n) is 5.75. The summed E-state index contributed by atoms with van der Waals surface area (Å²) in [6.45, 7) is 9.71. The maximum atomic E-state index is 4.32. The SMILES string of the molecule is Cc1ccc(C(C)CCNC(C)C)cn1. The summed E-state index contributed by atoms with van der Waals surface area (Å²) in [6.07, 6.45) is 3.16. The molecular formula is C13H22N2. The second-order valence-corrected chi connectivity index (χ2v) is 4.53. The topological polar surface area (TPSA) is 24.9 Å². The minimum absolute atomic E-state index is 0.577. The second kappa shape index (κ2) is 5.86. The van der Waals surface area contributed by atoms with Crippen molar-refractivity contribution in [3.05, 3.63) is 29.6 Å². The van der Waals surface area contributed by atoms with Gasteiger partial charge >= 0.3 is 0 Å². The molecule has 1 unspecified atom stereocenters. The first kappa shape index (κ1) is 12.2. The van der Waals surface area contributed by atoms with E-state index in [1.54, 1.807) is 0 Å². The predicted molar refractivity (Wildman–Crippen MR) is 65.1 cm³/mol. The van der Waals surface area contributed by atoms with Crippen molar-refractivity contribution in [1.82, 2.24) is 10.3 Å². The summed E-state index contributed by atoms with van der Waals surface area (Å²) < 4.78 is 0. The Morgan fingerprint density at radius 3 is 2.53 bits per heavy atom. The van der Waals surface area contributed by atoms with Crippen LogP contribution in [0.15, 0.2) is 18.3 Å². The number of hydrogen-bond donors (Lipinski definition) is 1. The van der Waals surface area contributed by atoms with E-state index in [1.165, 1.54) is 12.0 Å². The van der Waals surface area contributed by atoms with Gasteiger partial charge in [-0.15, -0.1) is 0 Å². The molecule has 0 amide bonds. The molecule has 0 radical (unpaired) electrons. The van der Waals surface area contributed by atoms with E-state index in [0.717, 1.165) is 12.2 Å².